The number of hydrogen-bond donors (Lipinski definition) is 1. The number of anilines is 1. The van der Waals surface area contributed by atoms with Gasteiger partial charge in [0.2, 0.25) is 5.91 Å². The third-order valence-corrected chi connectivity index (χ3v) is 4.97. The number of fused-ring (bicyclic) bond motifs is 1. The summed E-state index contributed by atoms with van der Waals surface area (Å²) in [6, 6.07) is 5.12. The van der Waals surface area contributed by atoms with Gasteiger partial charge in [0.05, 0.1) is 6.04 Å². The molecule has 3 nitrogen and oxygen atoms in total. The van der Waals surface area contributed by atoms with Gasteiger partial charge < -0.3 is 5.32 Å². The summed E-state index contributed by atoms with van der Waals surface area (Å²) in [7, 11) is 0. The van der Waals surface area contributed by atoms with Crippen molar-refractivity contribution in [1.29, 1.82) is 0 Å². The molecule has 0 bridgehead atoms. The number of nitrogens with zero attached hydrogens (tertiary/aromatic N) is 1. The van der Waals surface area contributed by atoms with Crippen LogP contribution in [0.5, 0.6) is 0 Å². The maximum absolute atomic E-state index is 13.2. The maximum atomic E-state index is 13.2. The Balaban J connectivity index is 1.66. The standard InChI is InChI=1S/C16H16F2N2OS/c1-10(20-6-4-15-11(9-20)5-7-22-15)16(21)19-12-2-3-13(17)14(18)8-12/h2-3,5,7-8,10H,4,6,9H2,1H3,(H,19,21). The molecular formula is C16H16F2N2OS. The van der Waals surface area contributed by atoms with Crippen LogP contribution in [0, 0.1) is 11.6 Å². The largest absolute Gasteiger partial charge is 0.325 e. The van der Waals surface area contributed by atoms with Crippen molar-refractivity contribution >= 4 is 22.9 Å². The highest BCUT2D eigenvalue weighted by molar-refractivity contribution is 7.10. The molecule has 2 heterocycles. The summed E-state index contributed by atoms with van der Waals surface area (Å²) in [5.41, 5.74) is 1.53. The second kappa shape index (κ2) is 6.14. The van der Waals surface area contributed by atoms with Gasteiger partial charge in [-0.25, -0.2) is 8.78 Å². The summed E-state index contributed by atoms with van der Waals surface area (Å²) in [4.78, 5) is 15.8. The average molecular weight is 322 g/mol. The first kappa shape index (κ1) is 15.1. The van der Waals surface area contributed by atoms with E-state index in [4.69, 9.17) is 0 Å². The predicted molar refractivity (Wildman–Crippen MR) is 82.9 cm³/mol. The fraction of sp³-hybridized carbons (Fsp3) is 0.312. The first-order valence-electron chi connectivity index (χ1n) is 7.10. The molecule has 6 heteroatoms. The lowest BCUT2D eigenvalue weighted by Gasteiger charge is -2.31. The molecule has 0 saturated heterocycles. The molecule has 0 radical (unpaired) electrons. The number of benzene rings is 1. The number of thiophene rings is 1. The Morgan fingerprint density at radius 3 is 2.91 bits per heavy atom. The van der Waals surface area contributed by atoms with Crippen LogP contribution in [0.3, 0.4) is 0 Å². The Hall–Kier alpha value is -1.79. The van der Waals surface area contributed by atoms with Crippen molar-refractivity contribution in [3.8, 4) is 0 Å². The van der Waals surface area contributed by atoms with E-state index in [0.717, 1.165) is 31.6 Å². The second-order valence-corrected chi connectivity index (χ2v) is 6.38. The van der Waals surface area contributed by atoms with Crippen LogP contribution in [0.1, 0.15) is 17.4 Å². The third kappa shape index (κ3) is 3.03. The van der Waals surface area contributed by atoms with Crippen molar-refractivity contribution in [2.45, 2.75) is 25.9 Å². The van der Waals surface area contributed by atoms with Crippen molar-refractivity contribution < 1.29 is 13.6 Å². The minimum absolute atomic E-state index is 0.218. The molecule has 1 N–H and O–H groups in total. The summed E-state index contributed by atoms with van der Waals surface area (Å²) < 4.78 is 26.1. The van der Waals surface area contributed by atoms with Crippen LogP contribution in [-0.4, -0.2) is 23.4 Å². The zero-order chi connectivity index (χ0) is 15.7. The minimum atomic E-state index is -0.966. The number of carbonyl (C=O) groups is 1. The van der Waals surface area contributed by atoms with E-state index in [1.54, 1.807) is 11.3 Å². The molecule has 0 fully saturated rings. The highest BCUT2D eigenvalue weighted by Crippen LogP contribution is 2.25. The number of amides is 1. The molecule has 22 heavy (non-hydrogen) atoms. The first-order chi connectivity index (χ1) is 10.5. The summed E-state index contributed by atoms with van der Waals surface area (Å²) >= 11 is 1.75. The molecule has 1 aliphatic heterocycles. The molecular weight excluding hydrogens is 306 g/mol. The molecule has 1 aromatic heterocycles. The summed E-state index contributed by atoms with van der Waals surface area (Å²) in [6.45, 7) is 3.39. The van der Waals surface area contributed by atoms with Crippen LogP contribution >= 0.6 is 11.3 Å². The number of rotatable bonds is 3. The van der Waals surface area contributed by atoms with Crippen molar-refractivity contribution in [1.82, 2.24) is 4.90 Å². The highest BCUT2D eigenvalue weighted by Gasteiger charge is 2.26. The average Bonchev–Trinajstić information content (AvgIpc) is 2.97. The second-order valence-electron chi connectivity index (χ2n) is 5.38. The zero-order valence-electron chi connectivity index (χ0n) is 12.1. The van der Waals surface area contributed by atoms with Gasteiger partial charge in [-0.1, -0.05) is 0 Å². The Labute approximate surface area is 131 Å². The van der Waals surface area contributed by atoms with Gasteiger partial charge in [0.15, 0.2) is 11.6 Å². The molecule has 0 aliphatic carbocycles. The zero-order valence-corrected chi connectivity index (χ0v) is 12.9. The van der Waals surface area contributed by atoms with Crippen LogP contribution in [0.25, 0.3) is 0 Å². The molecule has 1 amide bonds. The van der Waals surface area contributed by atoms with Gasteiger partial charge in [0.25, 0.3) is 0 Å². The molecule has 1 aliphatic rings. The molecule has 1 aromatic carbocycles. The molecule has 116 valence electrons. The van der Waals surface area contributed by atoms with E-state index in [9.17, 15) is 13.6 Å². The lowest BCUT2D eigenvalue weighted by molar-refractivity contribution is -0.121. The Kier molecular flexibility index (Phi) is 4.22. The van der Waals surface area contributed by atoms with Gasteiger partial charge in [-0.2, -0.15) is 0 Å². The van der Waals surface area contributed by atoms with E-state index in [2.05, 4.69) is 21.7 Å². The number of halogens is 2. The number of hydrogen-bond acceptors (Lipinski definition) is 3. The van der Waals surface area contributed by atoms with E-state index in [1.165, 1.54) is 16.5 Å². The van der Waals surface area contributed by atoms with Crippen molar-refractivity contribution in [3.63, 3.8) is 0 Å². The molecule has 0 saturated carbocycles. The fourth-order valence-corrected chi connectivity index (χ4v) is 3.48. The van der Waals surface area contributed by atoms with Gasteiger partial charge in [-0.15, -0.1) is 11.3 Å². The summed E-state index contributed by atoms with van der Waals surface area (Å²) in [6.07, 6.45) is 0.940. The minimum Gasteiger partial charge on any atom is -0.325 e. The van der Waals surface area contributed by atoms with Crippen LogP contribution in [0.2, 0.25) is 0 Å². The van der Waals surface area contributed by atoms with Crippen molar-refractivity contribution in [2.75, 3.05) is 11.9 Å². The summed E-state index contributed by atoms with van der Waals surface area (Å²) in [5, 5.41) is 4.71. The lowest BCUT2D eigenvalue weighted by Crippen LogP contribution is -2.44. The topological polar surface area (TPSA) is 32.3 Å². The Morgan fingerprint density at radius 1 is 1.32 bits per heavy atom. The molecule has 1 atom stereocenters. The predicted octanol–water partition coefficient (Wildman–Crippen LogP) is 3.41. The van der Waals surface area contributed by atoms with E-state index in [0.29, 0.717) is 0 Å². The van der Waals surface area contributed by atoms with Crippen molar-refractivity contribution in [3.05, 3.63) is 51.7 Å². The van der Waals surface area contributed by atoms with Crippen LogP contribution in [-0.2, 0) is 17.8 Å². The third-order valence-electron chi connectivity index (χ3n) is 3.95. The van der Waals surface area contributed by atoms with Gasteiger partial charge in [0, 0.05) is 29.7 Å². The van der Waals surface area contributed by atoms with Crippen molar-refractivity contribution in [2.24, 2.45) is 0 Å². The highest BCUT2D eigenvalue weighted by atomic mass is 32.1. The van der Waals surface area contributed by atoms with Crippen LogP contribution in [0.15, 0.2) is 29.6 Å². The maximum Gasteiger partial charge on any atom is 0.241 e. The van der Waals surface area contributed by atoms with E-state index in [1.807, 2.05) is 6.92 Å². The van der Waals surface area contributed by atoms with E-state index < -0.39 is 11.6 Å². The summed E-state index contributed by atoms with van der Waals surface area (Å²) in [5.74, 6) is -2.11. The Morgan fingerprint density at radius 2 is 2.14 bits per heavy atom. The quantitative estimate of drug-likeness (QED) is 0.939. The van der Waals surface area contributed by atoms with E-state index in [-0.39, 0.29) is 17.6 Å². The first-order valence-corrected chi connectivity index (χ1v) is 7.98. The fourth-order valence-electron chi connectivity index (χ4n) is 2.59. The lowest BCUT2D eigenvalue weighted by atomic mass is 10.1. The van der Waals surface area contributed by atoms with Gasteiger partial charge in [-0.05, 0) is 42.5 Å². The van der Waals surface area contributed by atoms with Gasteiger partial charge in [-0.3, -0.25) is 9.69 Å². The number of carbonyl (C=O) groups excluding carboxylic acids is 1. The van der Waals surface area contributed by atoms with Gasteiger partial charge in [0.1, 0.15) is 0 Å². The number of nitrogens with one attached hydrogen (secondary N) is 1. The molecule has 0 spiro atoms. The normalized spacial score (nSPS) is 16.1. The van der Waals surface area contributed by atoms with Crippen LogP contribution in [0.4, 0.5) is 14.5 Å². The SMILES string of the molecule is CC(C(=O)Nc1ccc(F)c(F)c1)N1CCc2sccc2C1. The molecule has 2 aromatic rings. The Bertz CT molecular complexity index is 701. The van der Waals surface area contributed by atoms with Crippen LogP contribution < -0.4 is 5.32 Å². The van der Waals surface area contributed by atoms with E-state index >= 15 is 0 Å². The molecule has 1 unspecified atom stereocenters. The van der Waals surface area contributed by atoms with Gasteiger partial charge >= 0.3 is 0 Å². The monoisotopic (exact) mass is 322 g/mol. The molecule has 3 rings (SSSR count). The smallest absolute Gasteiger partial charge is 0.241 e.